The summed E-state index contributed by atoms with van der Waals surface area (Å²) in [5.41, 5.74) is 0.808. The van der Waals surface area contributed by atoms with Gasteiger partial charge in [0, 0.05) is 11.8 Å². The number of ether oxygens (including phenoxy) is 1. The maximum absolute atomic E-state index is 12.2. The molecular weight excluding hydrogens is 288 g/mol. The van der Waals surface area contributed by atoms with Gasteiger partial charge in [-0.25, -0.2) is 0 Å². The number of piperidine rings is 1. The van der Waals surface area contributed by atoms with Crippen LogP contribution in [0, 0.1) is 11.8 Å². The number of anilines is 1. The molecule has 1 N–H and O–H groups in total. The van der Waals surface area contributed by atoms with E-state index in [9.17, 15) is 4.79 Å². The van der Waals surface area contributed by atoms with Gasteiger partial charge >= 0.3 is 0 Å². The first-order chi connectivity index (χ1) is 11.0. The number of hydrogen-bond acceptors (Lipinski definition) is 3. The minimum atomic E-state index is 0.0545. The molecule has 0 bridgehead atoms. The van der Waals surface area contributed by atoms with Crippen molar-refractivity contribution in [2.75, 3.05) is 31.6 Å². The molecule has 4 heteroatoms. The van der Waals surface area contributed by atoms with Crippen LogP contribution in [0.5, 0.6) is 5.75 Å². The molecule has 1 saturated heterocycles. The minimum absolute atomic E-state index is 0.0545. The number of amides is 1. The SMILES string of the molecule is CC(C)CCOc1cccc(NC(=O)CN2CCC(C)CC2)c1. The number of likely N-dealkylation sites (tertiary alicyclic amines) is 1. The molecule has 1 aromatic rings. The maximum Gasteiger partial charge on any atom is 0.238 e. The Kier molecular flexibility index (Phi) is 6.90. The van der Waals surface area contributed by atoms with E-state index in [0.29, 0.717) is 19.1 Å². The first-order valence-electron chi connectivity index (χ1n) is 8.78. The van der Waals surface area contributed by atoms with Crippen molar-refractivity contribution < 1.29 is 9.53 Å². The minimum Gasteiger partial charge on any atom is -0.494 e. The zero-order chi connectivity index (χ0) is 16.7. The molecule has 0 saturated carbocycles. The molecule has 4 nitrogen and oxygen atoms in total. The second-order valence-corrected chi connectivity index (χ2v) is 7.07. The quantitative estimate of drug-likeness (QED) is 0.832. The Balaban J connectivity index is 1.78. The van der Waals surface area contributed by atoms with E-state index in [1.54, 1.807) is 0 Å². The Morgan fingerprint density at radius 1 is 1.35 bits per heavy atom. The molecule has 0 atom stereocenters. The number of rotatable bonds is 7. The monoisotopic (exact) mass is 318 g/mol. The molecule has 23 heavy (non-hydrogen) atoms. The summed E-state index contributed by atoms with van der Waals surface area (Å²) >= 11 is 0. The lowest BCUT2D eigenvalue weighted by molar-refractivity contribution is -0.117. The maximum atomic E-state index is 12.2. The largest absolute Gasteiger partial charge is 0.494 e. The Bertz CT molecular complexity index is 494. The van der Waals surface area contributed by atoms with Crippen molar-refractivity contribution >= 4 is 11.6 Å². The van der Waals surface area contributed by atoms with Gasteiger partial charge in [0.15, 0.2) is 0 Å². The molecule has 0 spiro atoms. The number of carbonyl (C=O) groups excluding carboxylic acids is 1. The zero-order valence-corrected chi connectivity index (χ0v) is 14.7. The van der Waals surface area contributed by atoms with E-state index in [4.69, 9.17) is 4.74 Å². The summed E-state index contributed by atoms with van der Waals surface area (Å²) in [5, 5.41) is 2.98. The van der Waals surface area contributed by atoms with E-state index in [-0.39, 0.29) is 5.91 Å². The van der Waals surface area contributed by atoms with Crippen LogP contribution in [0.2, 0.25) is 0 Å². The van der Waals surface area contributed by atoms with Gasteiger partial charge in [-0.15, -0.1) is 0 Å². The fourth-order valence-electron chi connectivity index (χ4n) is 2.70. The van der Waals surface area contributed by atoms with Crippen molar-refractivity contribution in [1.29, 1.82) is 0 Å². The first-order valence-corrected chi connectivity index (χ1v) is 8.78. The fourth-order valence-corrected chi connectivity index (χ4v) is 2.70. The molecule has 2 rings (SSSR count). The highest BCUT2D eigenvalue weighted by Gasteiger charge is 2.17. The van der Waals surface area contributed by atoms with Gasteiger partial charge in [0.2, 0.25) is 5.91 Å². The van der Waals surface area contributed by atoms with Crippen molar-refractivity contribution in [3.05, 3.63) is 24.3 Å². The highest BCUT2D eigenvalue weighted by Crippen LogP contribution is 2.19. The van der Waals surface area contributed by atoms with E-state index in [1.807, 2.05) is 24.3 Å². The average Bonchev–Trinajstić information content (AvgIpc) is 2.49. The third-order valence-corrected chi connectivity index (χ3v) is 4.33. The van der Waals surface area contributed by atoms with Gasteiger partial charge in [0.25, 0.3) is 0 Å². The van der Waals surface area contributed by atoms with Crippen LogP contribution in [0.25, 0.3) is 0 Å². The van der Waals surface area contributed by atoms with Crippen LogP contribution in [0.1, 0.15) is 40.0 Å². The number of nitrogens with one attached hydrogen (secondary N) is 1. The second-order valence-electron chi connectivity index (χ2n) is 7.07. The van der Waals surface area contributed by atoms with Crippen molar-refractivity contribution in [1.82, 2.24) is 4.90 Å². The molecule has 128 valence electrons. The van der Waals surface area contributed by atoms with Crippen molar-refractivity contribution in [3.8, 4) is 5.75 Å². The Labute approximate surface area is 140 Å². The van der Waals surface area contributed by atoms with E-state index >= 15 is 0 Å². The lowest BCUT2D eigenvalue weighted by Gasteiger charge is -2.29. The first kappa shape index (κ1) is 17.8. The summed E-state index contributed by atoms with van der Waals surface area (Å²) in [6, 6.07) is 7.66. The predicted molar refractivity (Wildman–Crippen MR) is 94.9 cm³/mol. The van der Waals surface area contributed by atoms with Crippen LogP contribution in [0.15, 0.2) is 24.3 Å². The van der Waals surface area contributed by atoms with Gasteiger partial charge in [-0.2, -0.15) is 0 Å². The second kappa shape index (κ2) is 8.92. The van der Waals surface area contributed by atoms with E-state index in [0.717, 1.165) is 36.9 Å². The molecular formula is C19H30N2O2. The average molecular weight is 318 g/mol. The van der Waals surface area contributed by atoms with Crippen molar-refractivity contribution in [2.24, 2.45) is 11.8 Å². The van der Waals surface area contributed by atoms with Gasteiger partial charge < -0.3 is 10.1 Å². The van der Waals surface area contributed by atoms with Gasteiger partial charge in [-0.05, 0) is 56.3 Å². The summed E-state index contributed by atoms with van der Waals surface area (Å²) in [4.78, 5) is 14.4. The Morgan fingerprint density at radius 3 is 2.78 bits per heavy atom. The summed E-state index contributed by atoms with van der Waals surface area (Å²) in [5.74, 6) is 2.29. The number of carbonyl (C=O) groups is 1. The fraction of sp³-hybridized carbons (Fsp3) is 0.632. The molecule has 1 aliphatic heterocycles. The number of benzene rings is 1. The van der Waals surface area contributed by atoms with Crippen LogP contribution in [0.4, 0.5) is 5.69 Å². The third kappa shape index (κ3) is 6.61. The lowest BCUT2D eigenvalue weighted by atomic mass is 9.99. The highest BCUT2D eigenvalue weighted by atomic mass is 16.5. The standard InChI is InChI=1S/C19H30N2O2/c1-15(2)9-12-23-18-6-4-5-17(13-18)20-19(22)14-21-10-7-16(3)8-11-21/h4-6,13,15-16H,7-12,14H2,1-3H3,(H,20,22). The molecule has 1 aromatic carbocycles. The Hall–Kier alpha value is -1.55. The summed E-state index contributed by atoms with van der Waals surface area (Å²) in [6.07, 6.45) is 3.41. The summed E-state index contributed by atoms with van der Waals surface area (Å²) in [6.45, 7) is 9.87. The van der Waals surface area contributed by atoms with Gasteiger partial charge in [0.1, 0.15) is 5.75 Å². The van der Waals surface area contributed by atoms with E-state index < -0.39 is 0 Å². The highest BCUT2D eigenvalue weighted by molar-refractivity contribution is 5.92. The molecule has 0 aromatic heterocycles. The molecule has 0 radical (unpaired) electrons. The predicted octanol–water partition coefficient (Wildman–Crippen LogP) is 3.78. The molecule has 0 unspecified atom stereocenters. The number of nitrogens with zero attached hydrogens (tertiary/aromatic N) is 1. The van der Waals surface area contributed by atoms with Crippen LogP contribution in [-0.2, 0) is 4.79 Å². The van der Waals surface area contributed by atoms with E-state index in [2.05, 4.69) is 31.0 Å². The molecule has 1 amide bonds. The van der Waals surface area contributed by atoms with Crippen molar-refractivity contribution in [3.63, 3.8) is 0 Å². The van der Waals surface area contributed by atoms with Crippen molar-refractivity contribution in [2.45, 2.75) is 40.0 Å². The lowest BCUT2D eigenvalue weighted by Crippen LogP contribution is -2.38. The molecule has 0 aliphatic carbocycles. The molecule has 1 aliphatic rings. The van der Waals surface area contributed by atoms with Crippen LogP contribution < -0.4 is 10.1 Å². The van der Waals surface area contributed by atoms with Gasteiger partial charge in [0.05, 0.1) is 13.2 Å². The summed E-state index contributed by atoms with van der Waals surface area (Å²) in [7, 11) is 0. The third-order valence-electron chi connectivity index (χ3n) is 4.33. The Morgan fingerprint density at radius 2 is 2.09 bits per heavy atom. The summed E-state index contributed by atoms with van der Waals surface area (Å²) < 4.78 is 5.74. The smallest absolute Gasteiger partial charge is 0.238 e. The molecule has 1 heterocycles. The van der Waals surface area contributed by atoms with Gasteiger partial charge in [-0.3, -0.25) is 9.69 Å². The van der Waals surface area contributed by atoms with Crippen LogP contribution in [0.3, 0.4) is 0 Å². The number of hydrogen-bond donors (Lipinski definition) is 1. The topological polar surface area (TPSA) is 41.6 Å². The van der Waals surface area contributed by atoms with Crippen LogP contribution in [-0.4, -0.2) is 37.0 Å². The normalized spacial score (nSPS) is 16.5. The molecule has 1 fully saturated rings. The zero-order valence-electron chi connectivity index (χ0n) is 14.7. The van der Waals surface area contributed by atoms with Crippen LogP contribution >= 0.6 is 0 Å². The van der Waals surface area contributed by atoms with Gasteiger partial charge in [-0.1, -0.05) is 26.8 Å². The van der Waals surface area contributed by atoms with E-state index in [1.165, 1.54) is 12.8 Å².